The number of aliphatic hydroxyl groups excluding tert-OH is 2. The van der Waals surface area contributed by atoms with Crippen LogP contribution in [-0.2, 0) is 9.53 Å². The van der Waals surface area contributed by atoms with Gasteiger partial charge in [0.05, 0.1) is 13.2 Å². The molecule has 3 N–H and O–H groups in total. The summed E-state index contributed by atoms with van der Waals surface area (Å²) in [7, 11) is 1.25. The lowest BCUT2D eigenvalue weighted by atomic mass is 9.88. The topological polar surface area (TPSA) is 78.8 Å². The third kappa shape index (κ3) is 2.25. The van der Waals surface area contributed by atoms with Gasteiger partial charge >= 0.3 is 5.97 Å². The maximum absolute atomic E-state index is 11.6. The molecule has 0 amide bonds. The first-order valence-electron chi connectivity index (χ1n) is 4.84. The summed E-state index contributed by atoms with van der Waals surface area (Å²) < 4.78 is 4.64. The number of carbonyl (C=O) groups is 1. The minimum absolute atomic E-state index is 0.179. The molecule has 1 saturated heterocycles. The van der Waals surface area contributed by atoms with E-state index < -0.39 is 23.7 Å². The number of carbonyl (C=O) groups excluding carboxylic acids is 1. The van der Waals surface area contributed by atoms with Crippen molar-refractivity contribution in [3.8, 4) is 0 Å². The zero-order valence-corrected chi connectivity index (χ0v) is 9.33. The molecular weight excluding hydrogens is 222 g/mol. The average molecular weight is 238 g/mol. The molecule has 3 unspecified atom stereocenters. The zero-order valence-electron chi connectivity index (χ0n) is 8.57. The van der Waals surface area contributed by atoms with Crippen LogP contribution in [0.5, 0.6) is 0 Å². The Kier molecular flexibility index (Phi) is 4.33. The summed E-state index contributed by atoms with van der Waals surface area (Å²) in [6.45, 7) is 0.179. The number of hydrogen-bond donors (Lipinski definition) is 3. The lowest BCUT2D eigenvalue weighted by Crippen LogP contribution is -2.56. The van der Waals surface area contributed by atoms with Gasteiger partial charge in [-0.2, -0.15) is 0 Å². The van der Waals surface area contributed by atoms with E-state index >= 15 is 0 Å². The molecule has 1 aliphatic heterocycles. The minimum Gasteiger partial charge on any atom is -0.468 e. The normalized spacial score (nSPS) is 35.5. The van der Waals surface area contributed by atoms with E-state index in [9.17, 15) is 15.0 Å². The van der Waals surface area contributed by atoms with Crippen molar-refractivity contribution in [2.75, 3.05) is 19.5 Å². The molecule has 0 aliphatic carbocycles. The Hall–Kier alpha value is -0.360. The molecule has 0 aromatic heterocycles. The highest BCUT2D eigenvalue weighted by Gasteiger charge is 2.53. The fourth-order valence-electron chi connectivity index (χ4n) is 1.89. The Bertz CT molecular complexity index is 238. The van der Waals surface area contributed by atoms with E-state index in [4.69, 9.17) is 11.6 Å². The van der Waals surface area contributed by atoms with Gasteiger partial charge in [-0.1, -0.05) is 0 Å². The Morgan fingerprint density at radius 1 is 1.67 bits per heavy atom. The van der Waals surface area contributed by atoms with Gasteiger partial charge in [-0.05, 0) is 12.8 Å². The molecule has 0 aromatic rings. The molecule has 0 aromatic carbocycles. The van der Waals surface area contributed by atoms with Gasteiger partial charge in [0.15, 0.2) is 0 Å². The summed E-state index contributed by atoms with van der Waals surface area (Å²) in [5, 5.41) is 22.0. The van der Waals surface area contributed by atoms with Crippen molar-refractivity contribution in [1.82, 2.24) is 5.32 Å². The van der Waals surface area contributed by atoms with E-state index in [-0.39, 0.29) is 6.54 Å². The second kappa shape index (κ2) is 5.12. The van der Waals surface area contributed by atoms with Crippen molar-refractivity contribution in [2.45, 2.75) is 30.6 Å². The molecule has 3 atom stereocenters. The molecule has 15 heavy (non-hydrogen) atoms. The smallest absolute Gasteiger partial charge is 0.328 e. The molecule has 0 spiro atoms. The molecule has 1 heterocycles. The van der Waals surface area contributed by atoms with Gasteiger partial charge in [-0.3, -0.25) is 5.32 Å². The quantitative estimate of drug-likeness (QED) is 0.443. The van der Waals surface area contributed by atoms with Crippen LogP contribution in [0.4, 0.5) is 0 Å². The van der Waals surface area contributed by atoms with Crippen molar-refractivity contribution >= 4 is 17.6 Å². The molecule has 0 saturated carbocycles. The highest BCUT2D eigenvalue weighted by molar-refractivity contribution is 6.17. The minimum atomic E-state index is -1.21. The van der Waals surface area contributed by atoms with Crippen LogP contribution in [-0.4, -0.2) is 53.5 Å². The zero-order chi connectivity index (χ0) is 11.5. The predicted molar refractivity (Wildman–Crippen MR) is 54.7 cm³/mol. The number of nitrogens with one attached hydrogen (secondary N) is 1. The molecule has 5 nitrogen and oxygen atoms in total. The number of β-amino-alcohol motifs (C(OH)–C–C–N with tert-alkyl or cyclic N) is 1. The van der Waals surface area contributed by atoms with Crippen LogP contribution in [0.2, 0.25) is 0 Å². The number of hydrogen-bond acceptors (Lipinski definition) is 5. The molecule has 0 radical (unpaired) electrons. The number of rotatable bonds is 4. The van der Waals surface area contributed by atoms with E-state index in [1.807, 2.05) is 0 Å². The number of halogens is 1. The second-order valence-electron chi connectivity index (χ2n) is 3.65. The lowest BCUT2D eigenvalue weighted by Gasteiger charge is -2.29. The van der Waals surface area contributed by atoms with Crippen molar-refractivity contribution in [3.63, 3.8) is 0 Å². The monoisotopic (exact) mass is 237 g/mol. The van der Waals surface area contributed by atoms with E-state index in [2.05, 4.69) is 10.1 Å². The van der Waals surface area contributed by atoms with Crippen LogP contribution in [0.25, 0.3) is 0 Å². The summed E-state index contributed by atoms with van der Waals surface area (Å²) >= 11 is 5.55. The largest absolute Gasteiger partial charge is 0.468 e. The third-order valence-electron chi connectivity index (χ3n) is 2.75. The Balaban J connectivity index is 2.81. The van der Waals surface area contributed by atoms with Gasteiger partial charge in [-0.25, -0.2) is 4.79 Å². The first-order chi connectivity index (χ1) is 7.08. The van der Waals surface area contributed by atoms with Crippen LogP contribution in [0.15, 0.2) is 0 Å². The van der Waals surface area contributed by atoms with Crippen molar-refractivity contribution in [1.29, 1.82) is 0 Å². The first-order valence-corrected chi connectivity index (χ1v) is 5.37. The number of alkyl halides is 1. The van der Waals surface area contributed by atoms with Gasteiger partial charge in [-0.15, -0.1) is 11.6 Å². The van der Waals surface area contributed by atoms with Crippen LogP contribution >= 0.6 is 11.6 Å². The van der Waals surface area contributed by atoms with E-state index in [1.165, 1.54) is 7.11 Å². The van der Waals surface area contributed by atoms with Gasteiger partial charge in [0.1, 0.15) is 11.6 Å². The highest BCUT2D eigenvalue weighted by Crippen LogP contribution is 2.27. The maximum Gasteiger partial charge on any atom is 0.328 e. The Morgan fingerprint density at radius 3 is 2.73 bits per heavy atom. The van der Waals surface area contributed by atoms with Gasteiger partial charge in [0.2, 0.25) is 0 Å². The highest BCUT2D eigenvalue weighted by atomic mass is 35.5. The maximum atomic E-state index is 11.6. The predicted octanol–water partition coefficient (Wildman–Crippen LogP) is -0.758. The summed E-state index contributed by atoms with van der Waals surface area (Å²) in [5.74, 6) is -0.167. The Morgan fingerprint density at radius 2 is 2.33 bits per heavy atom. The summed E-state index contributed by atoms with van der Waals surface area (Å²) in [6, 6.07) is 0. The molecule has 1 aliphatic rings. The Labute approximate surface area is 93.4 Å². The first kappa shape index (κ1) is 12.7. The average Bonchev–Trinajstić information content (AvgIpc) is 2.54. The molecule has 88 valence electrons. The van der Waals surface area contributed by atoms with Gasteiger partial charge in [0.25, 0.3) is 0 Å². The molecule has 0 bridgehead atoms. The number of ether oxygens (including phenoxy) is 1. The molecule has 6 heteroatoms. The van der Waals surface area contributed by atoms with Crippen LogP contribution < -0.4 is 5.32 Å². The summed E-state index contributed by atoms with van der Waals surface area (Å²) in [6.07, 6.45) is -1.18. The van der Waals surface area contributed by atoms with E-state index in [0.717, 1.165) is 0 Å². The van der Waals surface area contributed by atoms with Crippen molar-refractivity contribution in [3.05, 3.63) is 0 Å². The van der Waals surface area contributed by atoms with Crippen molar-refractivity contribution < 1.29 is 19.7 Å². The number of esters is 1. The number of methoxy groups -OCH3 is 1. The molecule has 1 rings (SSSR count). The molecule has 1 fully saturated rings. The van der Waals surface area contributed by atoms with Crippen LogP contribution in [0.3, 0.4) is 0 Å². The standard InChI is InChI=1S/C9H16ClNO4/c1-15-8(14)9(3-2-4-10)7(13)6(12)5-11-9/h6-7,11-13H,2-5H2,1H3. The van der Waals surface area contributed by atoms with E-state index in [0.29, 0.717) is 18.7 Å². The summed E-state index contributed by atoms with van der Waals surface area (Å²) in [5.41, 5.74) is -1.21. The van der Waals surface area contributed by atoms with Crippen LogP contribution in [0.1, 0.15) is 12.8 Å². The van der Waals surface area contributed by atoms with E-state index in [1.54, 1.807) is 0 Å². The van der Waals surface area contributed by atoms with Crippen molar-refractivity contribution in [2.24, 2.45) is 0 Å². The third-order valence-corrected chi connectivity index (χ3v) is 3.02. The van der Waals surface area contributed by atoms with Crippen LogP contribution in [0, 0.1) is 0 Å². The fourth-order valence-corrected chi connectivity index (χ4v) is 2.02. The summed E-state index contributed by atoms with van der Waals surface area (Å²) in [4.78, 5) is 11.6. The lowest BCUT2D eigenvalue weighted by molar-refractivity contribution is -0.154. The number of aliphatic hydroxyl groups is 2. The fraction of sp³-hybridized carbons (Fsp3) is 0.889. The van der Waals surface area contributed by atoms with Gasteiger partial charge < -0.3 is 14.9 Å². The SMILES string of the molecule is COC(=O)C1(CCCCl)NCC(O)C1O. The van der Waals surface area contributed by atoms with Gasteiger partial charge in [0, 0.05) is 12.4 Å². The second-order valence-corrected chi connectivity index (χ2v) is 4.03. The molecular formula is C9H16ClNO4.